The van der Waals surface area contributed by atoms with E-state index in [4.69, 9.17) is 4.74 Å². The Morgan fingerprint density at radius 2 is 2.44 bits per heavy atom. The molecule has 1 aromatic rings. The van der Waals surface area contributed by atoms with Crippen LogP contribution in [0.3, 0.4) is 0 Å². The van der Waals surface area contributed by atoms with Gasteiger partial charge in [-0.15, -0.1) is 11.3 Å². The average Bonchev–Trinajstić information content (AvgIpc) is 2.72. The summed E-state index contributed by atoms with van der Waals surface area (Å²) in [5.41, 5.74) is 0. The SMILES string of the molecule is Brc1csc(COCCC2CCCCN2)c1. The van der Waals surface area contributed by atoms with Gasteiger partial charge in [-0.3, -0.25) is 0 Å². The molecule has 2 nitrogen and oxygen atoms in total. The van der Waals surface area contributed by atoms with Gasteiger partial charge >= 0.3 is 0 Å². The van der Waals surface area contributed by atoms with Gasteiger partial charge in [0.15, 0.2) is 0 Å². The molecular weight excluding hydrogens is 286 g/mol. The Morgan fingerprint density at radius 3 is 3.12 bits per heavy atom. The van der Waals surface area contributed by atoms with Gasteiger partial charge in [0.05, 0.1) is 6.61 Å². The quantitative estimate of drug-likeness (QED) is 0.840. The molecule has 0 radical (unpaired) electrons. The summed E-state index contributed by atoms with van der Waals surface area (Å²) in [6.07, 6.45) is 5.16. The van der Waals surface area contributed by atoms with Crippen LogP contribution in [0.15, 0.2) is 15.9 Å². The minimum absolute atomic E-state index is 0.684. The Morgan fingerprint density at radius 1 is 1.50 bits per heavy atom. The Hall–Kier alpha value is 0.1000. The third-order valence-corrected chi connectivity index (χ3v) is 4.56. The molecule has 0 bridgehead atoms. The molecule has 0 spiro atoms. The molecule has 1 saturated heterocycles. The number of piperidine rings is 1. The van der Waals surface area contributed by atoms with Gasteiger partial charge in [-0.2, -0.15) is 0 Å². The summed E-state index contributed by atoms with van der Waals surface area (Å²) in [5.74, 6) is 0. The van der Waals surface area contributed by atoms with Crippen LogP contribution < -0.4 is 5.32 Å². The highest BCUT2D eigenvalue weighted by Gasteiger charge is 2.11. The summed E-state index contributed by atoms with van der Waals surface area (Å²) in [6, 6.07) is 2.81. The number of hydrogen-bond donors (Lipinski definition) is 1. The predicted octanol–water partition coefficient (Wildman–Crippen LogP) is 3.56. The van der Waals surface area contributed by atoms with Crippen LogP contribution in [0, 0.1) is 0 Å². The lowest BCUT2D eigenvalue weighted by Crippen LogP contribution is -2.34. The predicted molar refractivity (Wildman–Crippen MR) is 71.9 cm³/mol. The highest BCUT2D eigenvalue weighted by atomic mass is 79.9. The van der Waals surface area contributed by atoms with Crippen LogP contribution in [0.1, 0.15) is 30.6 Å². The number of halogens is 1. The van der Waals surface area contributed by atoms with Gasteiger partial charge in [0.25, 0.3) is 0 Å². The lowest BCUT2D eigenvalue weighted by atomic mass is 10.0. The van der Waals surface area contributed by atoms with Crippen molar-refractivity contribution < 1.29 is 4.74 Å². The highest BCUT2D eigenvalue weighted by molar-refractivity contribution is 9.10. The highest BCUT2D eigenvalue weighted by Crippen LogP contribution is 2.20. The molecule has 2 rings (SSSR count). The molecule has 0 aromatic carbocycles. The first-order valence-corrected chi connectivity index (χ1v) is 7.56. The lowest BCUT2D eigenvalue weighted by Gasteiger charge is -2.23. The second-order valence-electron chi connectivity index (χ2n) is 4.22. The largest absolute Gasteiger partial charge is 0.376 e. The molecule has 0 amide bonds. The Balaban J connectivity index is 1.57. The normalized spacial score (nSPS) is 21.2. The molecule has 16 heavy (non-hydrogen) atoms. The molecule has 1 aliphatic heterocycles. The standard InChI is InChI=1S/C12H18BrNOS/c13-10-7-12(16-9-10)8-15-6-4-11-3-1-2-5-14-11/h7,9,11,14H,1-6,8H2. The molecular formula is C12H18BrNOS. The topological polar surface area (TPSA) is 21.3 Å². The van der Waals surface area contributed by atoms with Crippen molar-refractivity contribution >= 4 is 27.3 Å². The fraction of sp³-hybridized carbons (Fsp3) is 0.667. The molecule has 1 N–H and O–H groups in total. The second kappa shape index (κ2) is 6.74. The van der Waals surface area contributed by atoms with Crippen molar-refractivity contribution in [2.75, 3.05) is 13.2 Å². The van der Waals surface area contributed by atoms with Crippen LogP contribution in [0.5, 0.6) is 0 Å². The molecule has 1 aliphatic rings. The fourth-order valence-corrected chi connectivity index (χ4v) is 3.38. The molecule has 1 fully saturated rings. The van der Waals surface area contributed by atoms with E-state index in [1.807, 2.05) is 0 Å². The maximum absolute atomic E-state index is 5.69. The molecule has 4 heteroatoms. The van der Waals surface area contributed by atoms with Crippen molar-refractivity contribution in [1.82, 2.24) is 5.32 Å². The van der Waals surface area contributed by atoms with Gasteiger partial charge in [-0.05, 0) is 47.8 Å². The monoisotopic (exact) mass is 303 g/mol. The summed E-state index contributed by atoms with van der Waals surface area (Å²) < 4.78 is 6.84. The molecule has 2 heterocycles. The van der Waals surface area contributed by atoms with Crippen LogP contribution in [0.2, 0.25) is 0 Å². The van der Waals surface area contributed by atoms with E-state index in [0.29, 0.717) is 6.04 Å². The Kier molecular flexibility index (Phi) is 5.29. The van der Waals surface area contributed by atoms with Crippen molar-refractivity contribution in [3.63, 3.8) is 0 Å². The summed E-state index contributed by atoms with van der Waals surface area (Å²) in [4.78, 5) is 1.29. The van der Waals surface area contributed by atoms with Crippen molar-refractivity contribution in [2.24, 2.45) is 0 Å². The van der Waals surface area contributed by atoms with Gasteiger partial charge in [0.1, 0.15) is 0 Å². The van der Waals surface area contributed by atoms with Crippen molar-refractivity contribution in [3.8, 4) is 0 Å². The van der Waals surface area contributed by atoms with Gasteiger partial charge in [-0.1, -0.05) is 6.42 Å². The molecule has 0 aliphatic carbocycles. The summed E-state index contributed by atoms with van der Waals surface area (Å²) in [5, 5.41) is 5.64. The maximum Gasteiger partial charge on any atom is 0.0809 e. The minimum atomic E-state index is 0.684. The third kappa shape index (κ3) is 4.17. The van der Waals surface area contributed by atoms with Crippen molar-refractivity contribution in [2.45, 2.75) is 38.3 Å². The van der Waals surface area contributed by atoms with Crippen molar-refractivity contribution in [3.05, 3.63) is 20.8 Å². The lowest BCUT2D eigenvalue weighted by molar-refractivity contribution is 0.110. The molecule has 1 unspecified atom stereocenters. The summed E-state index contributed by atoms with van der Waals surface area (Å²) >= 11 is 5.20. The molecule has 90 valence electrons. The first-order chi connectivity index (χ1) is 7.84. The Bertz CT molecular complexity index is 310. The first kappa shape index (κ1) is 12.6. The molecule has 0 saturated carbocycles. The average molecular weight is 304 g/mol. The van der Waals surface area contributed by atoms with E-state index in [-0.39, 0.29) is 0 Å². The van der Waals surface area contributed by atoms with E-state index in [9.17, 15) is 0 Å². The van der Waals surface area contributed by atoms with Gasteiger partial charge in [-0.25, -0.2) is 0 Å². The summed E-state index contributed by atoms with van der Waals surface area (Å²) in [7, 11) is 0. The molecule has 1 atom stereocenters. The van der Waals surface area contributed by atoms with E-state index < -0.39 is 0 Å². The van der Waals surface area contributed by atoms with Crippen LogP contribution in [-0.2, 0) is 11.3 Å². The number of ether oxygens (including phenoxy) is 1. The maximum atomic E-state index is 5.69. The van der Waals surface area contributed by atoms with Gasteiger partial charge in [0.2, 0.25) is 0 Å². The second-order valence-corrected chi connectivity index (χ2v) is 6.13. The van der Waals surface area contributed by atoms with E-state index in [1.165, 1.54) is 30.7 Å². The van der Waals surface area contributed by atoms with Crippen LogP contribution in [0.4, 0.5) is 0 Å². The van der Waals surface area contributed by atoms with Crippen LogP contribution >= 0.6 is 27.3 Å². The number of thiophene rings is 1. The zero-order valence-corrected chi connectivity index (χ0v) is 11.8. The number of rotatable bonds is 5. The van der Waals surface area contributed by atoms with E-state index >= 15 is 0 Å². The van der Waals surface area contributed by atoms with E-state index in [1.54, 1.807) is 11.3 Å². The molecule has 1 aromatic heterocycles. The van der Waals surface area contributed by atoms with Gasteiger partial charge in [0, 0.05) is 27.4 Å². The zero-order chi connectivity index (χ0) is 11.2. The first-order valence-electron chi connectivity index (χ1n) is 5.88. The summed E-state index contributed by atoms with van der Waals surface area (Å²) in [6.45, 7) is 2.80. The fourth-order valence-electron chi connectivity index (χ4n) is 2.00. The zero-order valence-electron chi connectivity index (χ0n) is 9.38. The number of nitrogens with one attached hydrogen (secondary N) is 1. The van der Waals surface area contributed by atoms with E-state index in [2.05, 4.69) is 32.7 Å². The van der Waals surface area contributed by atoms with Crippen LogP contribution in [0.25, 0.3) is 0 Å². The smallest absolute Gasteiger partial charge is 0.0809 e. The van der Waals surface area contributed by atoms with Crippen molar-refractivity contribution in [1.29, 1.82) is 0 Å². The Labute approximate surface area is 110 Å². The van der Waals surface area contributed by atoms with Gasteiger partial charge < -0.3 is 10.1 Å². The minimum Gasteiger partial charge on any atom is -0.376 e. The van der Waals surface area contributed by atoms with E-state index in [0.717, 1.165) is 24.1 Å². The number of hydrogen-bond acceptors (Lipinski definition) is 3. The van der Waals surface area contributed by atoms with Crippen LogP contribution in [-0.4, -0.2) is 19.2 Å². The third-order valence-electron chi connectivity index (χ3n) is 2.89.